The molecular formula is C35H37N3O10S. The highest BCUT2D eigenvalue weighted by atomic mass is 32.1. The van der Waals surface area contributed by atoms with E-state index >= 15 is 0 Å². The highest BCUT2D eigenvalue weighted by molar-refractivity contribution is 7.17. The average molecular weight is 692 g/mol. The van der Waals surface area contributed by atoms with Crippen molar-refractivity contribution in [2.75, 3.05) is 11.9 Å². The molecule has 3 aromatic rings. The molecule has 0 bridgehead atoms. The van der Waals surface area contributed by atoms with Gasteiger partial charge in [-0.1, -0.05) is 42.5 Å². The lowest BCUT2D eigenvalue weighted by atomic mass is 9.90. The number of fused-ring (bicyclic) bond motifs is 2. The van der Waals surface area contributed by atoms with E-state index in [0.717, 1.165) is 26.7 Å². The second kappa shape index (κ2) is 13.3. The molecule has 0 saturated carbocycles. The number of rotatable bonds is 6. The zero-order valence-corrected chi connectivity index (χ0v) is 28.8. The third kappa shape index (κ3) is 7.75. The number of amides is 4. The van der Waals surface area contributed by atoms with Crippen LogP contribution in [0.15, 0.2) is 48.5 Å². The minimum atomic E-state index is -1.34. The molecule has 13 nitrogen and oxygen atoms in total. The molecule has 2 aliphatic rings. The Kier molecular flexibility index (Phi) is 9.55. The van der Waals surface area contributed by atoms with Crippen LogP contribution in [0.2, 0.25) is 0 Å². The maximum absolute atomic E-state index is 14.4. The number of ether oxygens (including phenoxy) is 3. The van der Waals surface area contributed by atoms with Crippen LogP contribution < -0.4 is 10.1 Å². The summed E-state index contributed by atoms with van der Waals surface area (Å²) in [4.78, 5) is 82.0. The summed E-state index contributed by atoms with van der Waals surface area (Å²) < 4.78 is 16.8. The van der Waals surface area contributed by atoms with E-state index in [1.165, 1.54) is 0 Å². The second-order valence-electron chi connectivity index (χ2n) is 13.6. The molecule has 0 spiro atoms. The molecule has 0 fully saturated rings. The van der Waals surface area contributed by atoms with Crippen LogP contribution in [0.25, 0.3) is 0 Å². The number of carbonyl (C=O) groups is 6. The fourth-order valence-corrected chi connectivity index (χ4v) is 6.78. The zero-order chi connectivity index (χ0) is 35.8. The molecule has 2 N–H and O–H groups in total. The number of thiophene rings is 1. The van der Waals surface area contributed by atoms with Crippen LogP contribution in [0.1, 0.15) is 89.7 Å². The van der Waals surface area contributed by atoms with Gasteiger partial charge in [0.05, 0.1) is 30.1 Å². The summed E-state index contributed by atoms with van der Waals surface area (Å²) in [5, 5.41) is 12.3. The number of carboxylic acid groups (broad SMARTS) is 1. The van der Waals surface area contributed by atoms with E-state index in [4.69, 9.17) is 14.2 Å². The molecule has 1 unspecified atom stereocenters. The van der Waals surface area contributed by atoms with Gasteiger partial charge in [-0.15, -0.1) is 11.3 Å². The van der Waals surface area contributed by atoms with Gasteiger partial charge in [0.2, 0.25) is 5.91 Å². The molecular weight excluding hydrogens is 654 g/mol. The Morgan fingerprint density at radius 3 is 2.22 bits per heavy atom. The first kappa shape index (κ1) is 35.1. The van der Waals surface area contributed by atoms with Crippen molar-refractivity contribution < 1.29 is 48.1 Å². The number of esters is 2. The summed E-state index contributed by atoms with van der Waals surface area (Å²) in [5.74, 6) is -5.73. The number of imide groups is 1. The molecule has 4 amide bonds. The SMILES string of the molecule is CC(C)(C)OC(=O)C(=O)Nc1sc2c(c1C(=O)OC(C)(C)C)C(C(=O)N1Cc3cccc(OCc4ccccc4)c3C1=O)CN(C(=O)O)C2. The number of hydrogen-bond donors (Lipinski definition) is 2. The third-order valence-electron chi connectivity index (χ3n) is 7.49. The van der Waals surface area contributed by atoms with Gasteiger partial charge in [0.1, 0.15) is 28.6 Å². The first-order valence-electron chi connectivity index (χ1n) is 15.5. The molecule has 3 heterocycles. The van der Waals surface area contributed by atoms with Crippen molar-refractivity contribution in [2.24, 2.45) is 0 Å². The van der Waals surface area contributed by atoms with E-state index < -0.39 is 52.9 Å². The highest BCUT2D eigenvalue weighted by Crippen LogP contribution is 2.44. The minimum Gasteiger partial charge on any atom is -0.488 e. The van der Waals surface area contributed by atoms with Crippen molar-refractivity contribution in [3.63, 3.8) is 0 Å². The summed E-state index contributed by atoms with van der Waals surface area (Å²) in [6, 6.07) is 14.4. The largest absolute Gasteiger partial charge is 0.488 e. The molecule has 49 heavy (non-hydrogen) atoms. The molecule has 1 atom stereocenters. The maximum atomic E-state index is 14.4. The Hall–Kier alpha value is -5.24. The molecule has 14 heteroatoms. The number of hydrogen-bond acceptors (Lipinski definition) is 10. The van der Waals surface area contributed by atoms with Gasteiger partial charge in [0.15, 0.2) is 0 Å². The lowest BCUT2D eigenvalue weighted by Gasteiger charge is -2.32. The first-order chi connectivity index (χ1) is 22.9. The minimum absolute atomic E-state index is 0.109. The monoisotopic (exact) mass is 691 g/mol. The molecule has 2 aromatic carbocycles. The third-order valence-corrected chi connectivity index (χ3v) is 8.60. The van der Waals surface area contributed by atoms with Crippen molar-refractivity contribution >= 4 is 52.1 Å². The van der Waals surface area contributed by atoms with Crippen LogP contribution in [-0.4, -0.2) is 68.4 Å². The van der Waals surface area contributed by atoms with Crippen LogP contribution >= 0.6 is 11.3 Å². The van der Waals surface area contributed by atoms with E-state index in [1.807, 2.05) is 30.3 Å². The van der Waals surface area contributed by atoms with Gasteiger partial charge in [-0.3, -0.25) is 19.3 Å². The number of benzene rings is 2. The molecule has 5 rings (SSSR count). The normalized spacial score (nSPS) is 15.6. The van der Waals surface area contributed by atoms with Gasteiger partial charge < -0.3 is 29.5 Å². The summed E-state index contributed by atoms with van der Waals surface area (Å²) in [5.41, 5.74) is -0.440. The lowest BCUT2D eigenvalue weighted by Crippen LogP contribution is -2.45. The van der Waals surface area contributed by atoms with Gasteiger partial charge in [-0.05, 0) is 64.3 Å². The van der Waals surface area contributed by atoms with Crippen molar-refractivity contribution in [1.82, 2.24) is 9.80 Å². The zero-order valence-electron chi connectivity index (χ0n) is 27.9. The van der Waals surface area contributed by atoms with E-state index in [-0.39, 0.29) is 58.6 Å². The van der Waals surface area contributed by atoms with Crippen LogP contribution in [0, 0.1) is 0 Å². The molecule has 0 saturated heterocycles. The molecule has 2 aliphatic heterocycles. The fourth-order valence-electron chi connectivity index (χ4n) is 5.52. The Morgan fingerprint density at radius 2 is 1.59 bits per heavy atom. The van der Waals surface area contributed by atoms with Crippen molar-refractivity contribution in [2.45, 2.75) is 78.4 Å². The fraction of sp³-hybridized carbons (Fsp3) is 0.371. The molecule has 1 aromatic heterocycles. The molecule has 258 valence electrons. The number of carbonyl (C=O) groups excluding carboxylic acids is 5. The summed E-state index contributed by atoms with van der Waals surface area (Å²) >= 11 is 0.839. The maximum Gasteiger partial charge on any atom is 0.407 e. The highest BCUT2D eigenvalue weighted by Gasteiger charge is 2.45. The van der Waals surface area contributed by atoms with E-state index in [9.17, 15) is 33.9 Å². The lowest BCUT2D eigenvalue weighted by molar-refractivity contribution is -0.161. The summed E-state index contributed by atoms with van der Waals surface area (Å²) in [6.45, 7) is 9.13. The van der Waals surface area contributed by atoms with Gasteiger partial charge in [-0.25, -0.2) is 14.4 Å². The Bertz CT molecular complexity index is 1840. The Balaban J connectivity index is 1.52. The second-order valence-corrected chi connectivity index (χ2v) is 14.7. The number of anilines is 1. The van der Waals surface area contributed by atoms with E-state index in [1.54, 1.807) is 59.7 Å². The van der Waals surface area contributed by atoms with Crippen LogP contribution in [0.3, 0.4) is 0 Å². The standard InChI is InChI=1S/C35H37N3O10S/c1-34(2,3)47-31(42)26-25-21(16-37(33(44)45)17-23(25)49-28(26)36-27(39)32(43)48-35(4,5)6)29(40)38-15-20-13-10-14-22(24(20)30(38)41)46-18-19-11-8-7-9-12-19/h7-14,21H,15-18H2,1-6H3,(H,36,39)(H,44,45). The predicted octanol–water partition coefficient (Wildman–Crippen LogP) is 5.32. The first-order valence-corrected chi connectivity index (χ1v) is 16.3. The summed E-state index contributed by atoms with van der Waals surface area (Å²) in [6.07, 6.45) is -1.33. The molecule has 0 radical (unpaired) electrons. The van der Waals surface area contributed by atoms with Crippen LogP contribution in [0.4, 0.5) is 9.80 Å². The smallest absolute Gasteiger partial charge is 0.407 e. The van der Waals surface area contributed by atoms with Crippen molar-refractivity contribution in [1.29, 1.82) is 0 Å². The average Bonchev–Trinajstić information content (AvgIpc) is 3.55. The van der Waals surface area contributed by atoms with Gasteiger partial charge in [0.25, 0.3) is 5.91 Å². The number of nitrogens with zero attached hydrogens (tertiary/aromatic N) is 2. The van der Waals surface area contributed by atoms with Gasteiger partial charge in [-0.2, -0.15) is 0 Å². The van der Waals surface area contributed by atoms with Crippen molar-refractivity contribution in [3.8, 4) is 5.75 Å². The topological polar surface area (TPSA) is 169 Å². The Labute approximate surface area is 286 Å². The van der Waals surface area contributed by atoms with E-state index in [2.05, 4.69) is 5.32 Å². The Morgan fingerprint density at radius 1 is 0.918 bits per heavy atom. The van der Waals surface area contributed by atoms with Crippen molar-refractivity contribution in [3.05, 3.63) is 81.2 Å². The number of nitrogens with one attached hydrogen (secondary N) is 1. The van der Waals surface area contributed by atoms with E-state index in [0.29, 0.717) is 5.56 Å². The van der Waals surface area contributed by atoms with Gasteiger partial charge >= 0.3 is 23.9 Å². The molecule has 0 aliphatic carbocycles. The predicted molar refractivity (Wildman–Crippen MR) is 177 cm³/mol. The van der Waals surface area contributed by atoms with Crippen LogP contribution in [0.5, 0.6) is 5.75 Å². The summed E-state index contributed by atoms with van der Waals surface area (Å²) in [7, 11) is 0. The quantitative estimate of drug-likeness (QED) is 0.196. The van der Waals surface area contributed by atoms with Gasteiger partial charge in [0, 0.05) is 11.4 Å². The van der Waals surface area contributed by atoms with Crippen LogP contribution in [-0.2, 0) is 43.6 Å².